The van der Waals surface area contributed by atoms with Crippen molar-refractivity contribution in [3.63, 3.8) is 0 Å². The molecule has 0 bridgehead atoms. The summed E-state index contributed by atoms with van der Waals surface area (Å²) in [5.41, 5.74) is 0.863. The van der Waals surface area contributed by atoms with Crippen LogP contribution in [0.15, 0.2) is 18.2 Å². The molecule has 0 aliphatic carbocycles. The highest BCUT2D eigenvalue weighted by molar-refractivity contribution is 6.30. The van der Waals surface area contributed by atoms with Crippen molar-refractivity contribution in [3.05, 3.63) is 28.8 Å². The van der Waals surface area contributed by atoms with E-state index in [1.165, 1.54) is 6.42 Å². The average molecular weight is 242 g/mol. The molecule has 2 nitrogen and oxygen atoms in total. The van der Waals surface area contributed by atoms with Crippen LogP contribution in [-0.2, 0) is 6.54 Å². The number of rotatable bonds is 6. The van der Waals surface area contributed by atoms with Crippen molar-refractivity contribution < 1.29 is 5.11 Å². The van der Waals surface area contributed by atoms with Gasteiger partial charge in [0.15, 0.2) is 0 Å². The lowest BCUT2D eigenvalue weighted by molar-refractivity contribution is 0.439. The number of nitrogens with one attached hydrogen (secondary N) is 1. The zero-order valence-corrected chi connectivity index (χ0v) is 10.7. The first-order valence-corrected chi connectivity index (χ1v) is 6.26. The maximum absolute atomic E-state index is 9.65. The molecule has 1 aromatic carbocycles. The zero-order chi connectivity index (χ0) is 12.0. The molecule has 0 amide bonds. The highest BCUT2D eigenvalue weighted by atomic mass is 35.5. The fourth-order valence-corrected chi connectivity index (χ4v) is 1.94. The summed E-state index contributed by atoms with van der Waals surface area (Å²) in [4.78, 5) is 0. The van der Waals surface area contributed by atoms with Gasteiger partial charge in [0.2, 0.25) is 0 Å². The van der Waals surface area contributed by atoms with Gasteiger partial charge in [-0.25, -0.2) is 0 Å². The minimum absolute atomic E-state index is 0.309. The van der Waals surface area contributed by atoms with Crippen LogP contribution in [0.4, 0.5) is 0 Å². The Hall–Kier alpha value is -0.730. The van der Waals surface area contributed by atoms with Gasteiger partial charge in [0.25, 0.3) is 0 Å². The zero-order valence-electron chi connectivity index (χ0n) is 9.96. The van der Waals surface area contributed by atoms with Gasteiger partial charge in [-0.2, -0.15) is 0 Å². The lowest BCUT2D eigenvalue weighted by atomic mass is 10.1. The Labute approximate surface area is 103 Å². The quantitative estimate of drug-likeness (QED) is 0.796. The van der Waals surface area contributed by atoms with E-state index in [1.54, 1.807) is 12.1 Å². The summed E-state index contributed by atoms with van der Waals surface area (Å²) in [5, 5.41) is 13.8. The molecule has 1 unspecified atom stereocenters. The van der Waals surface area contributed by atoms with E-state index in [0.29, 0.717) is 23.4 Å². The normalized spacial score (nSPS) is 12.7. The SMILES string of the molecule is CCCC(CC)NCc1cc(Cl)ccc1O. The van der Waals surface area contributed by atoms with Crippen molar-refractivity contribution in [2.75, 3.05) is 0 Å². The van der Waals surface area contributed by atoms with Crippen molar-refractivity contribution in [1.82, 2.24) is 5.32 Å². The predicted molar refractivity (Wildman–Crippen MR) is 68.9 cm³/mol. The average Bonchev–Trinajstić information content (AvgIpc) is 2.28. The van der Waals surface area contributed by atoms with Gasteiger partial charge < -0.3 is 10.4 Å². The Morgan fingerprint density at radius 1 is 1.38 bits per heavy atom. The lowest BCUT2D eigenvalue weighted by Gasteiger charge is -2.16. The maximum atomic E-state index is 9.65. The molecule has 2 N–H and O–H groups in total. The van der Waals surface area contributed by atoms with Crippen LogP contribution in [0.25, 0.3) is 0 Å². The van der Waals surface area contributed by atoms with E-state index in [-0.39, 0.29) is 0 Å². The summed E-state index contributed by atoms with van der Waals surface area (Å²) in [6.07, 6.45) is 3.44. The van der Waals surface area contributed by atoms with Crippen LogP contribution in [0, 0.1) is 0 Å². The molecule has 0 fully saturated rings. The second-order valence-corrected chi connectivity index (χ2v) is 4.48. The van der Waals surface area contributed by atoms with Crippen molar-refractivity contribution in [1.29, 1.82) is 0 Å². The monoisotopic (exact) mass is 241 g/mol. The van der Waals surface area contributed by atoms with Gasteiger partial charge in [0.05, 0.1) is 0 Å². The Balaban J connectivity index is 2.55. The maximum Gasteiger partial charge on any atom is 0.120 e. The summed E-state index contributed by atoms with van der Waals surface area (Å²) < 4.78 is 0. The van der Waals surface area contributed by atoms with E-state index in [0.717, 1.165) is 18.4 Å². The summed E-state index contributed by atoms with van der Waals surface area (Å²) >= 11 is 5.89. The van der Waals surface area contributed by atoms with E-state index in [2.05, 4.69) is 19.2 Å². The summed E-state index contributed by atoms with van der Waals surface area (Å²) in [7, 11) is 0. The molecule has 16 heavy (non-hydrogen) atoms. The first-order valence-electron chi connectivity index (χ1n) is 5.88. The van der Waals surface area contributed by atoms with E-state index >= 15 is 0 Å². The van der Waals surface area contributed by atoms with Crippen LogP contribution in [0.3, 0.4) is 0 Å². The standard InChI is InChI=1S/C13H20ClNO/c1-3-5-12(4-2)15-9-10-8-11(14)6-7-13(10)16/h6-8,12,15-16H,3-5,9H2,1-2H3. The molecule has 0 aromatic heterocycles. The van der Waals surface area contributed by atoms with Gasteiger partial charge >= 0.3 is 0 Å². The third-order valence-corrected chi connectivity index (χ3v) is 2.99. The minimum atomic E-state index is 0.309. The fraction of sp³-hybridized carbons (Fsp3) is 0.538. The fourth-order valence-electron chi connectivity index (χ4n) is 1.75. The van der Waals surface area contributed by atoms with Crippen molar-refractivity contribution in [3.8, 4) is 5.75 Å². The summed E-state index contributed by atoms with van der Waals surface area (Å²) in [5.74, 6) is 0.309. The van der Waals surface area contributed by atoms with Crippen LogP contribution in [0.5, 0.6) is 5.75 Å². The predicted octanol–water partition coefficient (Wildman–Crippen LogP) is 3.71. The highest BCUT2D eigenvalue weighted by Gasteiger charge is 2.06. The number of hydrogen-bond acceptors (Lipinski definition) is 2. The molecule has 1 atom stereocenters. The molecule has 0 aliphatic rings. The van der Waals surface area contributed by atoms with Gasteiger partial charge in [-0.3, -0.25) is 0 Å². The molecule has 0 radical (unpaired) electrons. The van der Waals surface area contributed by atoms with Crippen LogP contribution in [0.2, 0.25) is 5.02 Å². The molecule has 0 aliphatic heterocycles. The molecule has 0 saturated heterocycles. The Morgan fingerprint density at radius 2 is 2.12 bits per heavy atom. The van der Waals surface area contributed by atoms with E-state index in [9.17, 15) is 5.11 Å². The number of hydrogen-bond donors (Lipinski definition) is 2. The Bertz CT molecular complexity index is 328. The third kappa shape index (κ3) is 4.03. The molecular formula is C13H20ClNO. The molecule has 1 aromatic rings. The molecule has 0 heterocycles. The number of aromatic hydroxyl groups is 1. The largest absolute Gasteiger partial charge is 0.508 e. The van der Waals surface area contributed by atoms with Crippen molar-refractivity contribution >= 4 is 11.6 Å². The highest BCUT2D eigenvalue weighted by Crippen LogP contribution is 2.21. The van der Waals surface area contributed by atoms with Gasteiger partial charge in [0.1, 0.15) is 5.75 Å². The number of halogens is 1. The minimum Gasteiger partial charge on any atom is -0.508 e. The summed E-state index contributed by atoms with van der Waals surface area (Å²) in [6.45, 7) is 5.03. The summed E-state index contributed by atoms with van der Waals surface area (Å²) in [6, 6.07) is 5.66. The molecule has 90 valence electrons. The van der Waals surface area contributed by atoms with Gasteiger partial charge in [0, 0.05) is 23.2 Å². The topological polar surface area (TPSA) is 32.3 Å². The first-order chi connectivity index (χ1) is 7.67. The number of phenolic OH excluding ortho intramolecular Hbond substituents is 1. The van der Waals surface area contributed by atoms with Crippen molar-refractivity contribution in [2.24, 2.45) is 0 Å². The number of benzene rings is 1. The number of phenols is 1. The third-order valence-electron chi connectivity index (χ3n) is 2.75. The molecule has 3 heteroatoms. The van der Waals surface area contributed by atoms with Crippen LogP contribution in [0.1, 0.15) is 38.7 Å². The van der Waals surface area contributed by atoms with E-state index in [4.69, 9.17) is 11.6 Å². The van der Waals surface area contributed by atoms with Crippen LogP contribution >= 0.6 is 11.6 Å². The van der Waals surface area contributed by atoms with Crippen LogP contribution < -0.4 is 5.32 Å². The molecular weight excluding hydrogens is 222 g/mol. The van der Waals surface area contributed by atoms with Crippen molar-refractivity contribution in [2.45, 2.75) is 45.7 Å². The van der Waals surface area contributed by atoms with E-state index in [1.807, 2.05) is 6.07 Å². The second kappa shape index (κ2) is 6.77. The van der Waals surface area contributed by atoms with Gasteiger partial charge in [-0.15, -0.1) is 0 Å². The molecule has 0 saturated carbocycles. The lowest BCUT2D eigenvalue weighted by Crippen LogP contribution is -2.27. The Kier molecular flexibility index (Phi) is 5.64. The van der Waals surface area contributed by atoms with Gasteiger partial charge in [-0.05, 0) is 31.0 Å². The first kappa shape index (κ1) is 13.3. The van der Waals surface area contributed by atoms with E-state index < -0.39 is 0 Å². The molecule has 1 rings (SSSR count). The Morgan fingerprint density at radius 3 is 2.75 bits per heavy atom. The second-order valence-electron chi connectivity index (χ2n) is 4.05. The smallest absolute Gasteiger partial charge is 0.120 e. The van der Waals surface area contributed by atoms with Crippen LogP contribution in [-0.4, -0.2) is 11.1 Å². The van der Waals surface area contributed by atoms with Gasteiger partial charge in [-0.1, -0.05) is 31.9 Å². The molecule has 0 spiro atoms.